The number of benzene rings is 2. The van der Waals surface area contributed by atoms with Crippen LogP contribution in [0.2, 0.25) is 0 Å². The van der Waals surface area contributed by atoms with Crippen LogP contribution in [0.3, 0.4) is 0 Å². The molecule has 1 atom stereocenters. The van der Waals surface area contributed by atoms with Gasteiger partial charge in [-0.1, -0.05) is 36.4 Å². The number of anilines is 1. The third kappa shape index (κ3) is 6.16. The molecule has 1 amide bonds. The maximum atomic E-state index is 12.2. The molecule has 0 spiro atoms. The van der Waals surface area contributed by atoms with Gasteiger partial charge in [-0.2, -0.15) is 8.42 Å². The van der Waals surface area contributed by atoms with Crippen LogP contribution in [-0.2, 0) is 14.9 Å². The lowest BCUT2D eigenvalue weighted by molar-refractivity contribution is -0.868. The first-order chi connectivity index (χ1) is 12.3. The van der Waals surface area contributed by atoms with E-state index in [1.54, 1.807) is 37.4 Å². The Balaban J connectivity index is 1.84. The fourth-order valence-corrected chi connectivity index (χ4v) is 3.61. The average molecular weight is 377 g/mol. The highest BCUT2D eigenvalue weighted by Gasteiger charge is 2.18. The zero-order valence-corrected chi connectivity index (χ0v) is 16.1. The Labute approximate surface area is 154 Å². The number of carbonyl (C=O) groups is 1. The summed E-state index contributed by atoms with van der Waals surface area (Å²) in [5.41, 5.74) is 2.80. The Kier molecular flexibility index (Phi) is 6.76. The number of likely N-dealkylation sites (N-methyl/N-ethyl adjacent to an activating group) is 1. The minimum Gasteiger partial charge on any atom is -0.382 e. The van der Waals surface area contributed by atoms with E-state index in [4.69, 9.17) is 4.18 Å². The molecule has 26 heavy (non-hydrogen) atoms. The third-order valence-electron chi connectivity index (χ3n) is 3.95. The molecule has 2 aromatic carbocycles. The van der Waals surface area contributed by atoms with Gasteiger partial charge in [0.05, 0.1) is 13.6 Å². The van der Waals surface area contributed by atoms with Crippen LogP contribution < -0.4 is 14.4 Å². The smallest absolute Gasteiger partial charge is 0.314 e. The van der Waals surface area contributed by atoms with Gasteiger partial charge in [-0.25, -0.2) is 0 Å². The molecule has 0 radical (unpaired) electrons. The molecule has 0 aliphatic heterocycles. The minimum atomic E-state index is -3.69. The van der Waals surface area contributed by atoms with Crippen LogP contribution in [0.1, 0.15) is 11.1 Å². The summed E-state index contributed by atoms with van der Waals surface area (Å²) in [5, 5.41) is 2.91. The van der Waals surface area contributed by atoms with E-state index in [1.165, 1.54) is 0 Å². The first-order valence-corrected chi connectivity index (χ1v) is 9.99. The zero-order valence-electron chi connectivity index (χ0n) is 15.3. The van der Waals surface area contributed by atoms with E-state index in [1.807, 2.05) is 32.0 Å². The van der Waals surface area contributed by atoms with Gasteiger partial charge in [0.15, 0.2) is 6.54 Å². The molecule has 140 valence electrons. The van der Waals surface area contributed by atoms with Gasteiger partial charge in [-0.05, 0) is 37.1 Å². The topological polar surface area (TPSA) is 76.9 Å². The molecule has 2 rings (SSSR count). The second-order valence-corrected chi connectivity index (χ2v) is 8.05. The predicted molar refractivity (Wildman–Crippen MR) is 102 cm³/mol. The number of quaternary nitrogens is 1. The Bertz CT molecular complexity index is 831. The molecule has 0 aliphatic carbocycles. The Morgan fingerprint density at radius 2 is 1.65 bits per heavy atom. The van der Waals surface area contributed by atoms with Crippen LogP contribution in [0.4, 0.5) is 5.69 Å². The van der Waals surface area contributed by atoms with E-state index in [2.05, 4.69) is 5.32 Å². The molecule has 0 aromatic heterocycles. The molecule has 0 fully saturated rings. The van der Waals surface area contributed by atoms with Gasteiger partial charge in [-0.15, -0.1) is 0 Å². The number of rotatable bonds is 8. The predicted octanol–water partition coefficient (Wildman–Crippen LogP) is 1.17. The van der Waals surface area contributed by atoms with Gasteiger partial charge in [0.2, 0.25) is 0 Å². The SMILES string of the molecule is Cc1cccc(C)c1NC(=O)C[NH+](C)CCS(=O)(=O)Oc1ccccc1. The normalized spacial score (nSPS) is 12.4. The number of para-hydroxylation sites is 2. The molecule has 2 N–H and O–H groups in total. The van der Waals surface area contributed by atoms with Crippen molar-refractivity contribution in [2.45, 2.75) is 13.8 Å². The van der Waals surface area contributed by atoms with Gasteiger partial charge in [0, 0.05) is 5.69 Å². The summed E-state index contributed by atoms with van der Waals surface area (Å²) in [4.78, 5) is 13.0. The Hall–Kier alpha value is -2.38. The van der Waals surface area contributed by atoms with Crippen molar-refractivity contribution in [2.75, 3.05) is 31.2 Å². The van der Waals surface area contributed by atoms with E-state index in [9.17, 15) is 13.2 Å². The lowest BCUT2D eigenvalue weighted by Crippen LogP contribution is -3.10. The first-order valence-electron chi connectivity index (χ1n) is 8.41. The molecule has 0 heterocycles. The van der Waals surface area contributed by atoms with Gasteiger partial charge >= 0.3 is 10.1 Å². The van der Waals surface area contributed by atoms with Crippen molar-refractivity contribution in [1.29, 1.82) is 0 Å². The molecule has 0 saturated heterocycles. The van der Waals surface area contributed by atoms with E-state index >= 15 is 0 Å². The van der Waals surface area contributed by atoms with Gasteiger partial charge < -0.3 is 14.4 Å². The van der Waals surface area contributed by atoms with Crippen molar-refractivity contribution in [3.63, 3.8) is 0 Å². The highest BCUT2D eigenvalue weighted by atomic mass is 32.2. The number of nitrogens with one attached hydrogen (secondary N) is 2. The van der Waals surface area contributed by atoms with Crippen molar-refractivity contribution >= 4 is 21.7 Å². The quantitative estimate of drug-likeness (QED) is 0.677. The number of amides is 1. The van der Waals surface area contributed by atoms with Crippen LogP contribution in [0.25, 0.3) is 0 Å². The van der Waals surface area contributed by atoms with Crippen molar-refractivity contribution in [2.24, 2.45) is 0 Å². The minimum absolute atomic E-state index is 0.152. The number of hydrogen-bond donors (Lipinski definition) is 2. The van der Waals surface area contributed by atoms with E-state index in [0.717, 1.165) is 21.7 Å². The summed E-state index contributed by atoms with van der Waals surface area (Å²) < 4.78 is 29.1. The second-order valence-electron chi connectivity index (χ2n) is 6.36. The monoisotopic (exact) mass is 377 g/mol. The third-order valence-corrected chi connectivity index (χ3v) is 5.10. The average Bonchev–Trinajstić information content (AvgIpc) is 2.57. The molecular formula is C19H25N2O4S+. The fourth-order valence-electron chi connectivity index (χ4n) is 2.52. The molecule has 7 heteroatoms. The molecule has 0 aliphatic rings. The van der Waals surface area contributed by atoms with Crippen molar-refractivity contribution in [3.05, 3.63) is 59.7 Å². The van der Waals surface area contributed by atoms with Crippen molar-refractivity contribution in [3.8, 4) is 5.75 Å². The summed E-state index contributed by atoms with van der Waals surface area (Å²) >= 11 is 0. The highest BCUT2D eigenvalue weighted by Crippen LogP contribution is 2.18. The molecule has 1 unspecified atom stereocenters. The van der Waals surface area contributed by atoms with Crippen LogP contribution in [0.5, 0.6) is 5.75 Å². The van der Waals surface area contributed by atoms with Crippen molar-refractivity contribution in [1.82, 2.24) is 0 Å². The summed E-state index contributed by atoms with van der Waals surface area (Å²) in [5.74, 6) is -0.0242. The maximum Gasteiger partial charge on any atom is 0.314 e. The van der Waals surface area contributed by atoms with Gasteiger partial charge in [-0.3, -0.25) is 4.79 Å². The molecule has 0 bridgehead atoms. The summed E-state index contributed by atoms with van der Waals surface area (Å²) in [6.07, 6.45) is 0. The standard InChI is InChI=1S/C19H24N2O4S/c1-15-8-7-9-16(2)19(15)20-18(22)14-21(3)12-13-26(23,24)25-17-10-5-4-6-11-17/h4-11H,12-14H2,1-3H3,(H,20,22)/p+1. The molecular weight excluding hydrogens is 352 g/mol. The first kappa shape index (κ1) is 19.9. The Morgan fingerprint density at radius 3 is 2.27 bits per heavy atom. The van der Waals surface area contributed by atoms with E-state index in [-0.39, 0.29) is 30.5 Å². The zero-order chi connectivity index (χ0) is 19.2. The van der Waals surface area contributed by atoms with Crippen LogP contribution in [0.15, 0.2) is 48.5 Å². The number of carbonyl (C=O) groups excluding carboxylic acids is 1. The maximum absolute atomic E-state index is 12.2. The van der Waals surface area contributed by atoms with Crippen LogP contribution >= 0.6 is 0 Å². The lowest BCUT2D eigenvalue weighted by atomic mass is 10.1. The summed E-state index contributed by atoms with van der Waals surface area (Å²) in [7, 11) is -1.91. The van der Waals surface area contributed by atoms with Crippen LogP contribution in [0, 0.1) is 13.8 Å². The molecule has 6 nitrogen and oxygen atoms in total. The Morgan fingerprint density at radius 1 is 1.04 bits per heavy atom. The highest BCUT2D eigenvalue weighted by molar-refractivity contribution is 7.87. The van der Waals surface area contributed by atoms with E-state index < -0.39 is 10.1 Å². The second kappa shape index (κ2) is 8.82. The molecule has 2 aromatic rings. The molecule has 0 saturated carbocycles. The van der Waals surface area contributed by atoms with Crippen molar-refractivity contribution < 1.29 is 22.3 Å². The number of hydrogen-bond acceptors (Lipinski definition) is 4. The van der Waals surface area contributed by atoms with Gasteiger partial charge in [0.25, 0.3) is 5.91 Å². The largest absolute Gasteiger partial charge is 0.382 e. The summed E-state index contributed by atoms with van der Waals surface area (Å²) in [6, 6.07) is 14.2. The number of aryl methyl sites for hydroxylation is 2. The van der Waals surface area contributed by atoms with Crippen LogP contribution in [-0.4, -0.2) is 40.2 Å². The fraction of sp³-hybridized carbons (Fsp3) is 0.316. The summed E-state index contributed by atoms with van der Waals surface area (Å²) in [6.45, 7) is 4.32. The van der Waals surface area contributed by atoms with E-state index in [0.29, 0.717) is 0 Å². The van der Waals surface area contributed by atoms with Gasteiger partial charge in [0.1, 0.15) is 11.5 Å². The lowest BCUT2D eigenvalue weighted by Gasteiger charge is -2.16.